The maximum absolute atomic E-state index is 12.4. The van der Waals surface area contributed by atoms with Gasteiger partial charge in [-0.1, -0.05) is 42.5 Å². The van der Waals surface area contributed by atoms with Crippen LogP contribution in [0.15, 0.2) is 86.4 Å². The summed E-state index contributed by atoms with van der Waals surface area (Å²) in [5, 5.41) is 0. The summed E-state index contributed by atoms with van der Waals surface area (Å²) in [5.41, 5.74) is 2.85. The van der Waals surface area contributed by atoms with Crippen LogP contribution in [-0.4, -0.2) is 25.6 Å². The van der Waals surface area contributed by atoms with Crippen molar-refractivity contribution in [1.29, 1.82) is 0 Å². The molecule has 3 aromatic carbocycles. The Bertz CT molecular complexity index is 1210. The van der Waals surface area contributed by atoms with Gasteiger partial charge in [-0.3, -0.25) is 0 Å². The third-order valence-electron chi connectivity index (χ3n) is 4.76. The number of hydrogen-bond donors (Lipinski definition) is 0. The number of methoxy groups -OCH3 is 1. The van der Waals surface area contributed by atoms with Crippen LogP contribution >= 0.6 is 31.9 Å². The molecule has 0 saturated carbocycles. The van der Waals surface area contributed by atoms with Gasteiger partial charge in [0.1, 0.15) is 0 Å². The van der Waals surface area contributed by atoms with Crippen LogP contribution in [0, 0.1) is 0 Å². The summed E-state index contributed by atoms with van der Waals surface area (Å²) in [4.78, 5) is 16.7. The van der Waals surface area contributed by atoms with Crippen molar-refractivity contribution < 1.29 is 19.0 Å². The van der Waals surface area contributed by atoms with Crippen molar-refractivity contribution in [3.05, 3.63) is 98.1 Å². The zero-order valence-corrected chi connectivity index (χ0v) is 20.4. The third kappa shape index (κ3) is 5.11. The van der Waals surface area contributed by atoms with Crippen LogP contribution in [0.1, 0.15) is 16.7 Å². The molecule has 0 unspecified atom stereocenters. The standard InChI is InChI=1S/C25H19Br2NO4/c1-30-22-15-17(13-20(27)23(22)31-12-11-16-7-3-2-4-8-16)14-21-25(29)32-24(28-21)18-9-5-6-10-19(18)26/h2-10,13-15H,11-12H2,1H3/b21-14-. The SMILES string of the molecule is COc1cc(/C=C2\N=C(c3ccccc3Br)OC2=O)cc(Br)c1OCCc1ccccc1. The second-order valence-corrected chi connectivity index (χ2v) is 8.64. The van der Waals surface area contributed by atoms with E-state index < -0.39 is 5.97 Å². The summed E-state index contributed by atoms with van der Waals surface area (Å²) in [6, 6.07) is 21.2. The number of cyclic esters (lactones) is 1. The van der Waals surface area contributed by atoms with Crippen molar-refractivity contribution in [2.45, 2.75) is 6.42 Å². The Hall–Kier alpha value is -2.90. The quantitative estimate of drug-likeness (QED) is 0.257. The predicted octanol–water partition coefficient (Wildman–Crippen LogP) is 6.19. The van der Waals surface area contributed by atoms with Crippen LogP contribution in [-0.2, 0) is 16.0 Å². The number of carbonyl (C=O) groups is 1. The number of carbonyl (C=O) groups excluding carboxylic acids is 1. The van der Waals surface area contributed by atoms with Gasteiger partial charge in [0.2, 0.25) is 5.90 Å². The Morgan fingerprint density at radius 2 is 1.75 bits per heavy atom. The Labute approximate surface area is 203 Å². The highest BCUT2D eigenvalue weighted by Crippen LogP contribution is 2.37. The fourth-order valence-corrected chi connectivity index (χ4v) is 4.22. The molecule has 5 nitrogen and oxygen atoms in total. The van der Waals surface area contributed by atoms with Crippen LogP contribution in [0.2, 0.25) is 0 Å². The predicted molar refractivity (Wildman–Crippen MR) is 131 cm³/mol. The molecule has 0 aromatic heterocycles. The minimum absolute atomic E-state index is 0.211. The number of ether oxygens (including phenoxy) is 3. The van der Waals surface area contributed by atoms with Gasteiger partial charge in [-0.05, 0) is 73.3 Å². The highest BCUT2D eigenvalue weighted by Gasteiger charge is 2.25. The van der Waals surface area contributed by atoms with E-state index in [1.54, 1.807) is 19.3 Å². The average molecular weight is 557 g/mol. The number of nitrogens with zero attached hydrogens (tertiary/aromatic N) is 1. The molecule has 0 bridgehead atoms. The number of hydrogen-bond acceptors (Lipinski definition) is 5. The van der Waals surface area contributed by atoms with Gasteiger partial charge in [0.05, 0.1) is 23.8 Å². The van der Waals surface area contributed by atoms with Gasteiger partial charge in [0.15, 0.2) is 17.2 Å². The van der Waals surface area contributed by atoms with E-state index in [4.69, 9.17) is 14.2 Å². The van der Waals surface area contributed by atoms with Crippen LogP contribution in [0.5, 0.6) is 11.5 Å². The van der Waals surface area contributed by atoms with Crippen molar-refractivity contribution in [2.75, 3.05) is 13.7 Å². The second-order valence-electron chi connectivity index (χ2n) is 6.93. The first kappa shape index (κ1) is 22.3. The molecule has 0 N–H and O–H groups in total. The first-order valence-electron chi connectivity index (χ1n) is 9.87. The molecule has 0 amide bonds. The number of benzene rings is 3. The first-order valence-corrected chi connectivity index (χ1v) is 11.5. The van der Waals surface area contributed by atoms with Crippen molar-refractivity contribution in [1.82, 2.24) is 0 Å². The summed E-state index contributed by atoms with van der Waals surface area (Å²) in [5.74, 6) is 0.923. The van der Waals surface area contributed by atoms with Crippen LogP contribution in [0.25, 0.3) is 6.08 Å². The molecule has 0 fully saturated rings. The van der Waals surface area contributed by atoms with Crippen molar-refractivity contribution in [2.24, 2.45) is 4.99 Å². The highest BCUT2D eigenvalue weighted by atomic mass is 79.9. The van der Waals surface area contributed by atoms with Crippen LogP contribution in [0.4, 0.5) is 0 Å². The second kappa shape index (κ2) is 10.1. The normalized spacial score (nSPS) is 14.3. The smallest absolute Gasteiger partial charge is 0.363 e. The minimum Gasteiger partial charge on any atom is -0.493 e. The molecule has 32 heavy (non-hydrogen) atoms. The molecule has 0 atom stereocenters. The highest BCUT2D eigenvalue weighted by molar-refractivity contribution is 9.10. The van der Waals surface area contributed by atoms with E-state index in [0.717, 1.165) is 20.9 Å². The lowest BCUT2D eigenvalue weighted by molar-refractivity contribution is -0.129. The van der Waals surface area contributed by atoms with E-state index >= 15 is 0 Å². The van der Waals surface area contributed by atoms with Gasteiger partial charge in [-0.15, -0.1) is 0 Å². The largest absolute Gasteiger partial charge is 0.493 e. The van der Waals surface area contributed by atoms with Crippen molar-refractivity contribution >= 4 is 49.8 Å². The van der Waals surface area contributed by atoms with Gasteiger partial charge >= 0.3 is 5.97 Å². The number of aliphatic imine (C=N–C) groups is 1. The minimum atomic E-state index is -0.506. The van der Waals surface area contributed by atoms with E-state index in [2.05, 4.69) is 49.0 Å². The van der Waals surface area contributed by atoms with Crippen molar-refractivity contribution in [3.8, 4) is 11.5 Å². The zero-order chi connectivity index (χ0) is 22.5. The number of halogens is 2. The van der Waals surface area contributed by atoms with Crippen LogP contribution in [0.3, 0.4) is 0 Å². The maximum Gasteiger partial charge on any atom is 0.363 e. The van der Waals surface area contributed by atoms with Gasteiger partial charge in [-0.2, -0.15) is 0 Å². The van der Waals surface area contributed by atoms with E-state index in [0.29, 0.717) is 23.7 Å². The Balaban J connectivity index is 1.55. The average Bonchev–Trinajstić information content (AvgIpc) is 3.15. The van der Waals surface area contributed by atoms with E-state index in [1.807, 2.05) is 48.5 Å². The van der Waals surface area contributed by atoms with Gasteiger partial charge in [0.25, 0.3) is 0 Å². The summed E-state index contributed by atoms with van der Waals surface area (Å²) in [6.07, 6.45) is 2.44. The molecular formula is C25H19Br2NO4. The molecule has 4 rings (SSSR count). The molecule has 1 aliphatic rings. The lowest BCUT2D eigenvalue weighted by atomic mass is 10.1. The van der Waals surface area contributed by atoms with Gasteiger partial charge in [0, 0.05) is 10.9 Å². The summed E-state index contributed by atoms with van der Waals surface area (Å²) < 4.78 is 18.4. The van der Waals surface area contributed by atoms with E-state index in [9.17, 15) is 4.79 Å². The van der Waals surface area contributed by atoms with Crippen LogP contribution < -0.4 is 9.47 Å². The Kier molecular flexibility index (Phi) is 7.07. The zero-order valence-electron chi connectivity index (χ0n) is 17.2. The Morgan fingerprint density at radius 1 is 1.00 bits per heavy atom. The third-order valence-corrected chi connectivity index (χ3v) is 6.04. The van der Waals surface area contributed by atoms with Crippen molar-refractivity contribution in [3.63, 3.8) is 0 Å². The summed E-state index contributed by atoms with van der Waals surface area (Å²) in [6.45, 7) is 0.505. The molecule has 0 aliphatic carbocycles. The lowest BCUT2D eigenvalue weighted by Crippen LogP contribution is -2.06. The van der Waals surface area contributed by atoms with Gasteiger partial charge < -0.3 is 14.2 Å². The fraction of sp³-hybridized carbons (Fsp3) is 0.120. The lowest BCUT2D eigenvalue weighted by Gasteiger charge is -2.13. The monoisotopic (exact) mass is 555 g/mol. The van der Waals surface area contributed by atoms with Gasteiger partial charge in [-0.25, -0.2) is 9.79 Å². The number of esters is 1. The van der Waals surface area contributed by atoms with E-state index in [1.165, 1.54) is 5.56 Å². The maximum atomic E-state index is 12.4. The molecule has 1 aliphatic heterocycles. The molecular weight excluding hydrogens is 538 g/mol. The molecule has 1 heterocycles. The summed E-state index contributed by atoms with van der Waals surface area (Å²) >= 11 is 7.01. The fourth-order valence-electron chi connectivity index (χ4n) is 3.20. The molecule has 0 spiro atoms. The topological polar surface area (TPSA) is 57.1 Å². The molecule has 162 valence electrons. The first-order chi connectivity index (χ1) is 15.5. The van der Waals surface area contributed by atoms with E-state index in [-0.39, 0.29) is 11.6 Å². The molecule has 0 saturated heterocycles. The molecule has 7 heteroatoms. The molecule has 3 aromatic rings. The molecule has 0 radical (unpaired) electrons. The summed E-state index contributed by atoms with van der Waals surface area (Å²) in [7, 11) is 1.58. The number of rotatable bonds is 7. The Morgan fingerprint density at radius 3 is 2.50 bits per heavy atom.